The molecule has 3 heterocycles. The van der Waals surface area contributed by atoms with Crippen LogP contribution in [0.3, 0.4) is 0 Å². The molecular formula is C16H23N5O. The molecule has 22 heavy (non-hydrogen) atoms. The van der Waals surface area contributed by atoms with Crippen molar-refractivity contribution in [2.24, 2.45) is 13.0 Å². The van der Waals surface area contributed by atoms with Gasteiger partial charge in [0.15, 0.2) is 0 Å². The molecule has 2 aromatic rings. The van der Waals surface area contributed by atoms with Crippen LogP contribution in [0.25, 0.3) is 0 Å². The van der Waals surface area contributed by atoms with E-state index in [1.54, 1.807) is 4.68 Å². The molecule has 2 aromatic heterocycles. The van der Waals surface area contributed by atoms with Crippen molar-refractivity contribution in [3.8, 4) is 0 Å². The topological polar surface area (TPSA) is 56.0 Å². The highest BCUT2D eigenvalue weighted by atomic mass is 16.2. The van der Waals surface area contributed by atoms with Crippen molar-refractivity contribution < 1.29 is 4.79 Å². The third-order valence-electron chi connectivity index (χ3n) is 4.40. The maximum Gasteiger partial charge on any atom is 0.257 e. The summed E-state index contributed by atoms with van der Waals surface area (Å²) in [4.78, 5) is 18.9. The Morgan fingerprint density at radius 3 is 3.09 bits per heavy atom. The first-order valence-electron chi connectivity index (χ1n) is 7.86. The average Bonchev–Trinajstić information content (AvgIpc) is 3.11. The van der Waals surface area contributed by atoms with E-state index >= 15 is 0 Å². The first kappa shape index (κ1) is 14.8. The van der Waals surface area contributed by atoms with Gasteiger partial charge in [-0.25, -0.2) is 4.98 Å². The molecule has 0 radical (unpaired) electrons. The van der Waals surface area contributed by atoms with E-state index in [9.17, 15) is 4.79 Å². The number of nitrogens with zero attached hydrogens (tertiary/aromatic N) is 5. The van der Waals surface area contributed by atoms with Gasteiger partial charge in [-0.3, -0.25) is 9.48 Å². The maximum atomic E-state index is 12.7. The highest BCUT2D eigenvalue weighted by molar-refractivity contribution is 5.95. The van der Waals surface area contributed by atoms with Gasteiger partial charge in [-0.05, 0) is 18.8 Å². The van der Waals surface area contributed by atoms with Gasteiger partial charge in [-0.15, -0.1) is 0 Å². The number of aromatic nitrogens is 4. The molecule has 1 aliphatic heterocycles. The molecule has 1 amide bonds. The maximum absolute atomic E-state index is 12.7. The molecule has 0 spiro atoms. The molecule has 3 rings (SSSR count). The third kappa shape index (κ3) is 2.77. The second-order valence-corrected chi connectivity index (χ2v) is 6.10. The molecule has 0 N–H and O–H groups in total. The summed E-state index contributed by atoms with van der Waals surface area (Å²) in [5.74, 6) is 1.68. The van der Waals surface area contributed by atoms with Crippen LogP contribution in [0.15, 0.2) is 18.6 Å². The number of hydrogen-bond donors (Lipinski definition) is 0. The van der Waals surface area contributed by atoms with E-state index in [4.69, 9.17) is 0 Å². The summed E-state index contributed by atoms with van der Waals surface area (Å²) in [7, 11) is 3.74. The Bertz CT molecular complexity index is 672. The summed E-state index contributed by atoms with van der Waals surface area (Å²) in [6.45, 7) is 3.79. The molecule has 0 bridgehead atoms. The van der Waals surface area contributed by atoms with Crippen LogP contribution in [-0.2, 0) is 26.4 Å². The van der Waals surface area contributed by atoms with Gasteiger partial charge < -0.3 is 9.47 Å². The minimum absolute atomic E-state index is 0.0684. The highest BCUT2D eigenvalue weighted by Gasteiger charge is 2.24. The molecule has 6 nitrogen and oxygen atoms in total. The van der Waals surface area contributed by atoms with Gasteiger partial charge in [-0.2, -0.15) is 5.10 Å². The number of carbonyl (C=O) groups excluding carboxylic acids is 1. The lowest BCUT2D eigenvalue weighted by Gasteiger charge is -2.27. The SMILES string of the molecule is CCc1nn(C)cc1C(=O)N(C)C[C@H]1CCn2ccnc2C1. The van der Waals surface area contributed by atoms with Crippen LogP contribution in [0.4, 0.5) is 0 Å². The van der Waals surface area contributed by atoms with E-state index < -0.39 is 0 Å². The molecule has 6 heteroatoms. The summed E-state index contributed by atoms with van der Waals surface area (Å²) < 4.78 is 3.92. The molecule has 0 aromatic carbocycles. The fraction of sp³-hybridized carbons (Fsp3) is 0.562. The number of hydrogen-bond acceptors (Lipinski definition) is 3. The molecule has 0 unspecified atom stereocenters. The van der Waals surface area contributed by atoms with Crippen molar-refractivity contribution >= 4 is 5.91 Å². The first-order chi connectivity index (χ1) is 10.6. The molecule has 118 valence electrons. The van der Waals surface area contributed by atoms with E-state index in [-0.39, 0.29) is 5.91 Å². The summed E-state index contributed by atoms with van der Waals surface area (Å²) >= 11 is 0. The van der Waals surface area contributed by atoms with E-state index in [0.29, 0.717) is 5.92 Å². The highest BCUT2D eigenvalue weighted by Crippen LogP contribution is 2.20. The number of imidazole rings is 1. The Balaban J connectivity index is 1.67. The molecule has 0 fully saturated rings. The fourth-order valence-electron chi connectivity index (χ4n) is 3.22. The first-order valence-corrected chi connectivity index (χ1v) is 7.86. The predicted octanol–water partition coefficient (Wildman–Crippen LogP) is 1.51. The van der Waals surface area contributed by atoms with Gasteiger partial charge in [0.2, 0.25) is 0 Å². The number of fused-ring (bicyclic) bond motifs is 1. The minimum Gasteiger partial charge on any atom is -0.341 e. The Kier molecular flexibility index (Phi) is 4.00. The normalized spacial score (nSPS) is 17.3. The number of amides is 1. The second-order valence-electron chi connectivity index (χ2n) is 6.10. The van der Waals surface area contributed by atoms with Crippen molar-refractivity contribution in [1.82, 2.24) is 24.2 Å². The summed E-state index contributed by atoms with van der Waals surface area (Å²) in [6.07, 6.45) is 8.52. The molecule has 0 saturated heterocycles. The van der Waals surface area contributed by atoms with Gasteiger partial charge >= 0.3 is 0 Å². The zero-order chi connectivity index (χ0) is 15.7. The van der Waals surface area contributed by atoms with Crippen LogP contribution in [0, 0.1) is 5.92 Å². The summed E-state index contributed by atoms with van der Waals surface area (Å²) in [5, 5.41) is 4.36. The average molecular weight is 301 g/mol. The Labute approximate surface area is 130 Å². The zero-order valence-electron chi connectivity index (χ0n) is 13.5. The summed E-state index contributed by atoms with van der Waals surface area (Å²) in [5.41, 5.74) is 1.60. The molecule has 1 atom stereocenters. The van der Waals surface area contributed by atoms with Crippen LogP contribution in [0.5, 0.6) is 0 Å². The van der Waals surface area contributed by atoms with Crippen LogP contribution in [-0.4, -0.2) is 43.7 Å². The lowest BCUT2D eigenvalue weighted by Crippen LogP contribution is -2.35. The van der Waals surface area contributed by atoms with Crippen LogP contribution in [0.2, 0.25) is 0 Å². The molecule has 1 aliphatic rings. The Hall–Kier alpha value is -2.11. The van der Waals surface area contributed by atoms with Crippen LogP contribution in [0.1, 0.15) is 35.2 Å². The quantitative estimate of drug-likeness (QED) is 0.860. The standard InChI is InChI=1S/C16H23N5O/c1-4-14-13(11-20(3)18-14)16(22)19(2)10-12-5-7-21-8-6-17-15(21)9-12/h6,8,11-12H,4-5,7,9-10H2,1-3H3/t12-/m0/s1. The fourth-order valence-corrected chi connectivity index (χ4v) is 3.22. The largest absolute Gasteiger partial charge is 0.341 e. The lowest BCUT2D eigenvalue weighted by molar-refractivity contribution is 0.0763. The summed E-state index contributed by atoms with van der Waals surface area (Å²) in [6, 6.07) is 0. The van der Waals surface area contributed by atoms with Gasteiger partial charge in [-0.1, -0.05) is 6.92 Å². The Morgan fingerprint density at radius 2 is 2.32 bits per heavy atom. The van der Waals surface area contributed by atoms with Gasteiger partial charge in [0.1, 0.15) is 5.82 Å². The van der Waals surface area contributed by atoms with Crippen LogP contribution >= 0.6 is 0 Å². The van der Waals surface area contributed by atoms with E-state index in [1.165, 1.54) is 0 Å². The van der Waals surface area contributed by atoms with E-state index in [2.05, 4.69) is 14.6 Å². The second kappa shape index (κ2) is 5.94. The zero-order valence-corrected chi connectivity index (χ0v) is 13.5. The van der Waals surface area contributed by atoms with E-state index in [0.717, 1.165) is 49.4 Å². The van der Waals surface area contributed by atoms with Gasteiger partial charge in [0.25, 0.3) is 5.91 Å². The Morgan fingerprint density at radius 1 is 1.50 bits per heavy atom. The van der Waals surface area contributed by atoms with Gasteiger partial charge in [0, 0.05) is 52.2 Å². The lowest BCUT2D eigenvalue weighted by atomic mass is 9.97. The van der Waals surface area contributed by atoms with Crippen molar-refractivity contribution in [3.63, 3.8) is 0 Å². The number of carbonyl (C=O) groups is 1. The van der Waals surface area contributed by atoms with Crippen LogP contribution < -0.4 is 0 Å². The van der Waals surface area contributed by atoms with Crippen molar-refractivity contribution in [3.05, 3.63) is 35.7 Å². The molecule has 0 saturated carbocycles. The number of rotatable bonds is 4. The van der Waals surface area contributed by atoms with Gasteiger partial charge in [0.05, 0.1) is 11.3 Å². The van der Waals surface area contributed by atoms with Crippen molar-refractivity contribution in [2.75, 3.05) is 13.6 Å². The number of aryl methyl sites for hydroxylation is 3. The molecular weight excluding hydrogens is 278 g/mol. The predicted molar refractivity (Wildman–Crippen MR) is 83.6 cm³/mol. The van der Waals surface area contributed by atoms with Crippen molar-refractivity contribution in [2.45, 2.75) is 32.7 Å². The molecule has 0 aliphatic carbocycles. The smallest absolute Gasteiger partial charge is 0.257 e. The van der Waals surface area contributed by atoms with E-state index in [1.807, 2.05) is 44.5 Å². The third-order valence-corrected chi connectivity index (χ3v) is 4.40. The minimum atomic E-state index is 0.0684. The van der Waals surface area contributed by atoms with Crippen molar-refractivity contribution in [1.29, 1.82) is 0 Å². The monoisotopic (exact) mass is 301 g/mol.